The quantitative estimate of drug-likeness (QED) is 0.218. The van der Waals surface area contributed by atoms with Gasteiger partial charge in [0.15, 0.2) is 0 Å². The van der Waals surface area contributed by atoms with E-state index in [1.165, 1.54) is 0 Å². The van der Waals surface area contributed by atoms with Crippen LogP contribution < -0.4 is 9.47 Å². The summed E-state index contributed by atoms with van der Waals surface area (Å²) >= 11 is 0. The van der Waals surface area contributed by atoms with E-state index in [0.29, 0.717) is 29.0 Å². The summed E-state index contributed by atoms with van der Waals surface area (Å²) in [6, 6.07) is 26.6. The normalized spacial score (nSPS) is 14.4. The molecule has 2 amide bonds. The lowest BCUT2D eigenvalue weighted by atomic mass is 9.93. The molecule has 0 spiro atoms. The molecule has 41 heavy (non-hydrogen) atoms. The molecule has 204 valence electrons. The average molecular weight is 545 g/mol. The summed E-state index contributed by atoms with van der Waals surface area (Å²) in [4.78, 5) is 28.1. The first-order chi connectivity index (χ1) is 19.9. The number of aromatic nitrogens is 2. The van der Waals surface area contributed by atoms with Gasteiger partial charge in [-0.05, 0) is 67.0 Å². The summed E-state index contributed by atoms with van der Waals surface area (Å²) in [5, 5.41) is 14.7. The van der Waals surface area contributed by atoms with E-state index in [4.69, 9.17) is 14.6 Å². The Balaban J connectivity index is 1.57. The summed E-state index contributed by atoms with van der Waals surface area (Å²) in [7, 11) is 3.19. The number of imide groups is 1. The highest BCUT2D eigenvalue weighted by molar-refractivity contribution is 6.19. The van der Waals surface area contributed by atoms with Gasteiger partial charge >= 0.3 is 0 Å². The number of amides is 2. The van der Waals surface area contributed by atoms with Crippen LogP contribution in [-0.2, 0) is 16.0 Å². The monoisotopic (exact) mass is 544 g/mol. The Hall–Kier alpha value is -5.42. The van der Waals surface area contributed by atoms with Gasteiger partial charge < -0.3 is 9.47 Å². The van der Waals surface area contributed by atoms with Crippen molar-refractivity contribution in [3.8, 4) is 34.5 Å². The van der Waals surface area contributed by atoms with Gasteiger partial charge in [0, 0.05) is 29.4 Å². The zero-order chi connectivity index (χ0) is 28.9. The van der Waals surface area contributed by atoms with Crippen LogP contribution in [0.5, 0.6) is 11.5 Å². The molecule has 0 radical (unpaired) electrons. The molecule has 1 aliphatic heterocycles. The van der Waals surface area contributed by atoms with Crippen molar-refractivity contribution in [1.82, 2.24) is 14.7 Å². The summed E-state index contributed by atoms with van der Waals surface area (Å²) < 4.78 is 12.4. The Morgan fingerprint density at radius 3 is 2.32 bits per heavy atom. The zero-order valence-corrected chi connectivity index (χ0v) is 23.0. The summed E-state index contributed by atoms with van der Waals surface area (Å²) in [6.07, 6.45) is 3.98. The molecule has 0 saturated carbocycles. The third kappa shape index (κ3) is 5.52. The van der Waals surface area contributed by atoms with Crippen LogP contribution in [0.2, 0.25) is 0 Å². The van der Waals surface area contributed by atoms with Crippen LogP contribution in [-0.4, -0.2) is 47.3 Å². The summed E-state index contributed by atoms with van der Waals surface area (Å²) in [6.45, 7) is 1.76. The number of ether oxygens (including phenoxy) is 2. The number of nitrogens with zero attached hydrogens (tertiary/aromatic N) is 4. The number of benzene rings is 3. The molecule has 8 heteroatoms. The van der Waals surface area contributed by atoms with E-state index in [2.05, 4.69) is 0 Å². The fourth-order valence-electron chi connectivity index (χ4n) is 4.72. The first kappa shape index (κ1) is 27.2. The van der Waals surface area contributed by atoms with Gasteiger partial charge in [0.2, 0.25) is 0 Å². The van der Waals surface area contributed by atoms with Gasteiger partial charge in [0.1, 0.15) is 28.8 Å². The van der Waals surface area contributed by atoms with Crippen molar-refractivity contribution in [1.29, 1.82) is 5.26 Å². The largest absolute Gasteiger partial charge is 0.497 e. The highest BCUT2D eigenvalue weighted by atomic mass is 16.5. The Morgan fingerprint density at radius 2 is 1.63 bits per heavy atom. The lowest BCUT2D eigenvalue weighted by Gasteiger charge is -2.27. The molecule has 2 heterocycles. The number of hydrogen-bond acceptors (Lipinski definition) is 6. The number of carbonyl (C=O) groups excluding carboxylic acids is 2. The molecular weight excluding hydrogens is 516 g/mol. The van der Waals surface area contributed by atoms with E-state index in [-0.39, 0.29) is 17.7 Å². The van der Waals surface area contributed by atoms with Gasteiger partial charge in [0.05, 0.1) is 19.9 Å². The van der Waals surface area contributed by atoms with E-state index in [1.807, 2.05) is 91.1 Å². The Morgan fingerprint density at radius 1 is 0.902 bits per heavy atom. The number of methoxy groups -OCH3 is 2. The second-order valence-electron chi connectivity index (χ2n) is 9.47. The standard InChI is InChI=1S/C33H28N4O4/c1-22-29(32(38)36(33(39)30(22)20-34)17-16-23-12-14-27(40-2)15-13-23)19-25-21-37(26-9-5-4-6-10-26)35-31(25)24-8-7-11-28(18-24)41-3/h4-15,18-19,21H,16-17H2,1-3H3/b29-19+. The predicted molar refractivity (Wildman–Crippen MR) is 155 cm³/mol. The minimum atomic E-state index is -0.589. The van der Waals surface area contributed by atoms with Crippen molar-refractivity contribution in [3.05, 3.63) is 113 Å². The van der Waals surface area contributed by atoms with Crippen molar-refractivity contribution < 1.29 is 19.1 Å². The molecule has 0 fully saturated rings. The predicted octanol–water partition coefficient (Wildman–Crippen LogP) is 5.39. The molecule has 0 unspecified atom stereocenters. The molecule has 1 aromatic heterocycles. The van der Waals surface area contributed by atoms with Gasteiger partial charge in [0.25, 0.3) is 11.8 Å². The maximum absolute atomic E-state index is 13.8. The van der Waals surface area contributed by atoms with Crippen LogP contribution >= 0.6 is 0 Å². The third-order valence-corrected chi connectivity index (χ3v) is 7.01. The van der Waals surface area contributed by atoms with E-state index in [9.17, 15) is 14.9 Å². The van der Waals surface area contributed by atoms with E-state index in [1.54, 1.807) is 31.9 Å². The molecule has 1 aliphatic rings. The fraction of sp³-hybridized carbons (Fsp3) is 0.152. The number of nitriles is 1. The Labute approximate surface area is 238 Å². The van der Waals surface area contributed by atoms with Crippen LogP contribution in [0.15, 0.2) is 102 Å². The molecule has 5 rings (SSSR count). The second kappa shape index (κ2) is 11.8. The number of para-hydroxylation sites is 1. The fourth-order valence-corrected chi connectivity index (χ4v) is 4.72. The molecule has 4 aromatic rings. The number of carbonyl (C=O) groups is 2. The van der Waals surface area contributed by atoms with Crippen LogP contribution in [0.4, 0.5) is 0 Å². The van der Waals surface area contributed by atoms with Crippen LogP contribution in [0.25, 0.3) is 23.0 Å². The molecular formula is C33H28N4O4. The van der Waals surface area contributed by atoms with Crippen molar-refractivity contribution >= 4 is 17.9 Å². The van der Waals surface area contributed by atoms with Gasteiger partial charge in [-0.25, -0.2) is 4.68 Å². The van der Waals surface area contributed by atoms with Crippen molar-refractivity contribution in [3.63, 3.8) is 0 Å². The topological polar surface area (TPSA) is 97.5 Å². The SMILES string of the molecule is COc1ccc(CCN2C(=O)C(C#N)=C(C)/C(=C\c3cn(-c4ccccc4)nc3-c3cccc(OC)c3)C2=O)cc1. The first-order valence-electron chi connectivity index (χ1n) is 13.0. The maximum Gasteiger partial charge on any atom is 0.271 e. The lowest BCUT2D eigenvalue weighted by Crippen LogP contribution is -2.43. The number of rotatable bonds is 8. The first-order valence-corrected chi connectivity index (χ1v) is 13.0. The summed E-state index contributed by atoms with van der Waals surface area (Å²) in [5.74, 6) is 0.345. The molecule has 0 saturated heterocycles. The van der Waals surface area contributed by atoms with Gasteiger partial charge in [-0.3, -0.25) is 14.5 Å². The van der Waals surface area contributed by atoms with Crippen molar-refractivity contribution in [2.45, 2.75) is 13.3 Å². The third-order valence-electron chi connectivity index (χ3n) is 7.01. The summed E-state index contributed by atoms with van der Waals surface area (Å²) in [5.41, 5.74) is 4.42. The zero-order valence-electron chi connectivity index (χ0n) is 23.0. The molecule has 0 aliphatic carbocycles. The molecule has 0 bridgehead atoms. The highest BCUT2D eigenvalue weighted by Gasteiger charge is 2.35. The molecule has 8 nitrogen and oxygen atoms in total. The average Bonchev–Trinajstić information content (AvgIpc) is 3.44. The van der Waals surface area contributed by atoms with E-state index < -0.39 is 11.8 Å². The van der Waals surface area contributed by atoms with Crippen molar-refractivity contribution in [2.24, 2.45) is 0 Å². The molecule has 3 aromatic carbocycles. The Kier molecular flexibility index (Phi) is 7.79. The van der Waals surface area contributed by atoms with E-state index in [0.717, 1.165) is 27.5 Å². The van der Waals surface area contributed by atoms with Gasteiger partial charge in [-0.2, -0.15) is 10.4 Å². The van der Waals surface area contributed by atoms with Gasteiger partial charge in [-0.1, -0.05) is 42.5 Å². The number of hydrogen-bond donors (Lipinski definition) is 0. The van der Waals surface area contributed by atoms with Crippen LogP contribution in [0, 0.1) is 11.3 Å². The lowest BCUT2D eigenvalue weighted by molar-refractivity contribution is -0.140. The second-order valence-corrected chi connectivity index (χ2v) is 9.47. The van der Waals surface area contributed by atoms with Gasteiger partial charge in [-0.15, -0.1) is 0 Å². The minimum absolute atomic E-state index is 0.0519. The van der Waals surface area contributed by atoms with Crippen LogP contribution in [0.3, 0.4) is 0 Å². The van der Waals surface area contributed by atoms with E-state index >= 15 is 0 Å². The maximum atomic E-state index is 13.8. The Bertz CT molecular complexity index is 1710. The molecule has 0 atom stereocenters. The smallest absolute Gasteiger partial charge is 0.271 e. The van der Waals surface area contributed by atoms with Crippen molar-refractivity contribution in [2.75, 3.05) is 20.8 Å². The highest BCUT2D eigenvalue weighted by Crippen LogP contribution is 2.32. The minimum Gasteiger partial charge on any atom is -0.497 e. The molecule has 0 N–H and O–H groups in total. The van der Waals surface area contributed by atoms with Crippen LogP contribution in [0.1, 0.15) is 18.1 Å².